The third-order valence-electron chi connectivity index (χ3n) is 2.44. The van der Waals surface area contributed by atoms with Crippen molar-refractivity contribution in [2.45, 2.75) is 19.2 Å². The van der Waals surface area contributed by atoms with E-state index in [4.69, 9.17) is 17.3 Å². The first-order valence-electron chi connectivity index (χ1n) is 4.61. The summed E-state index contributed by atoms with van der Waals surface area (Å²) in [6.07, 6.45) is 1.04. The number of halogens is 1. The molecular weight excluding hydrogens is 214 g/mol. The van der Waals surface area contributed by atoms with Crippen LogP contribution in [0.1, 0.15) is 18.1 Å². The zero-order valence-electron chi connectivity index (χ0n) is 8.01. The Morgan fingerprint density at radius 3 is 2.79 bits per heavy atom. The van der Waals surface area contributed by atoms with E-state index in [1.54, 1.807) is 11.3 Å². The van der Waals surface area contributed by atoms with Gasteiger partial charge in [-0.05, 0) is 29.0 Å². The van der Waals surface area contributed by atoms with Crippen molar-refractivity contribution in [3.63, 3.8) is 0 Å². The molecule has 0 saturated heterocycles. The van der Waals surface area contributed by atoms with Crippen LogP contribution in [0.4, 0.5) is 5.69 Å². The molecule has 74 valence electrons. The fourth-order valence-corrected chi connectivity index (χ4v) is 3.17. The highest BCUT2D eigenvalue weighted by atomic mass is 35.5. The van der Waals surface area contributed by atoms with Gasteiger partial charge in [-0.3, -0.25) is 0 Å². The lowest BCUT2D eigenvalue weighted by molar-refractivity contribution is 1.16. The van der Waals surface area contributed by atoms with Gasteiger partial charge in [0.2, 0.25) is 0 Å². The molecule has 14 heavy (non-hydrogen) atoms. The molecule has 0 aliphatic heterocycles. The van der Waals surface area contributed by atoms with Crippen LogP contribution in [0.15, 0.2) is 17.5 Å². The summed E-state index contributed by atoms with van der Waals surface area (Å²) in [7, 11) is 0. The van der Waals surface area contributed by atoms with Gasteiger partial charge >= 0.3 is 0 Å². The number of nitrogen functional groups attached to an aromatic ring is 1. The number of thiophene rings is 1. The van der Waals surface area contributed by atoms with Gasteiger partial charge in [0.1, 0.15) is 0 Å². The van der Waals surface area contributed by atoms with E-state index in [1.807, 2.05) is 6.07 Å². The minimum atomic E-state index is 0.539. The Morgan fingerprint density at radius 2 is 2.14 bits per heavy atom. The van der Waals surface area contributed by atoms with E-state index in [0.29, 0.717) is 5.88 Å². The molecule has 2 N–H and O–H groups in total. The Hall–Kier alpha value is -0.730. The molecule has 0 saturated carbocycles. The smallest absolute Gasteiger partial charge is 0.0489 e. The van der Waals surface area contributed by atoms with Gasteiger partial charge in [0.15, 0.2) is 0 Å². The summed E-state index contributed by atoms with van der Waals surface area (Å²) in [5.41, 5.74) is 9.30. The molecule has 0 radical (unpaired) electrons. The minimum absolute atomic E-state index is 0.539. The molecule has 2 rings (SSSR count). The van der Waals surface area contributed by atoms with Crippen molar-refractivity contribution in [1.82, 2.24) is 0 Å². The Bertz CT molecular complexity index is 462. The first-order chi connectivity index (χ1) is 6.77. The predicted octanol–water partition coefficient (Wildman–Crippen LogP) is 3.78. The van der Waals surface area contributed by atoms with E-state index in [9.17, 15) is 0 Å². The van der Waals surface area contributed by atoms with Gasteiger partial charge in [-0.2, -0.15) is 0 Å². The van der Waals surface area contributed by atoms with Crippen LogP contribution in [-0.4, -0.2) is 0 Å². The van der Waals surface area contributed by atoms with E-state index in [2.05, 4.69) is 18.4 Å². The number of fused-ring (bicyclic) bond motifs is 1. The zero-order valence-corrected chi connectivity index (χ0v) is 9.58. The van der Waals surface area contributed by atoms with E-state index in [0.717, 1.165) is 23.1 Å². The van der Waals surface area contributed by atoms with Gasteiger partial charge in [0.25, 0.3) is 0 Å². The summed E-state index contributed by atoms with van der Waals surface area (Å²) in [5, 5.41) is 3.26. The first kappa shape index (κ1) is 9.81. The SMILES string of the molecule is CCc1ccc(N)c2c(CCl)csc12. The summed E-state index contributed by atoms with van der Waals surface area (Å²) >= 11 is 7.61. The number of rotatable bonds is 2. The molecular formula is C11H12ClNS. The van der Waals surface area contributed by atoms with Crippen LogP contribution in [-0.2, 0) is 12.3 Å². The maximum absolute atomic E-state index is 5.95. The number of alkyl halides is 1. The summed E-state index contributed by atoms with van der Waals surface area (Å²) in [6.45, 7) is 2.16. The maximum atomic E-state index is 5.95. The molecule has 0 aliphatic carbocycles. The monoisotopic (exact) mass is 225 g/mol. The molecule has 0 atom stereocenters. The highest BCUT2D eigenvalue weighted by Crippen LogP contribution is 2.34. The highest BCUT2D eigenvalue weighted by Gasteiger charge is 2.09. The maximum Gasteiger partial charge on any atom is 0.0489 e. The van der Waals surface area contributed by atoms with Crippen LogP contribution < -0.4 is 5.73 Å². The molecule has 1 nitrogen and oxygen atoms in total. The Balaban J connectivity index is 2.80. The van der Waals surface area contributed by atoms with Crippen LogP contribution in [0.5, 0.6) is 0 Å². The quantitative estimate of drug-likeness (QED) is 0.611. The molecule has 1 heterocycles. The van der Waals surface area contributed by atoms with Crippen LogP contribution >= 0.6 is 22.9 Å². The second-order valence-electron chi connectivity index (χ2n) is 3.27. The summed E-state index contributed by atoms with van der Waals surface area (Å²) in [5.74, 6) is 0.539. The number of hydrogen-bond acceptors (Lipinski definition) is 2. The summed E-state index contributed by atoms with van der Waals surface area (Å²) in [4.78, 5) is 0. The predicted molar refractivity (Wildman–Crippen MR) is 65.2 cm³/mol. The van der Waals surface area contributed by atoms with Crippen LogP contribution in [0.3, 0.4) is 0 Å². The second kappa shape index (κ2) is 3.79. The normalized spacial score (nSPS) is 11.0. The van der Waals surface area contributed by atoms with Gasteiger partial charge in [-0.25, -0.2) is 0 Å². The summed E-state index contributed by atoms with van der Waals surface area (Å²) < 4.78 is 1.29. The Morgan fingerprint density at radius 1 is 1.36 bits per heavy atom. The van der Waals surface area contributed by atoms with Gasteiger partial charge < -0.3 is 5.73 Å². The van der Waals surface area contributed by atoms with Crippen molar-refractivity contribution in [2.24, 2.45) is 0 Å². The standard InChI is InChI=1S/C11H12ClNS/c1-2-7-3-4-9(13)10-8(5-12)6-14-11(7)10/h3-4,6H,2,5,13H2,1H3. The number of hydrogen-bond donors (Lipinski definition) is 1. The van der Waals surface area contributed by atoms with Gasteiger partial charge in [-0.1, -0.05) is 13.0 Å². The van der Waals surface area contributed by atoms with Gasteiger partial charge in [-0.15, -0.1) is 22.9 Å². The molecule has 1 aromatic carbocycles. The Kier molecular flexibility index (Phi) is 2.66. The average Bonchev–Trinajstić information content (AvgIpc) is 2.63. The Labute approximate surface area is 92.5 Å². The lowest BCUT2D eigenvalue weighted by Gasteiger charge is -2.03. The van der Waals surface area contributed by atoms with Gasteiger partial charge in [0, 0.05) is 21.7 Å². The minimum Gasteiger partial charge on any atom is -0.398 e. The van der Waals surface area contributed by atoms with Crippen LogP contribution in [0.25, 0.3) is 10.1 Å². The molecule has 3 heteroatoms. The fraction of sp³-hybridized carbons (Fsp3) is 0.273. The zero-order chi connectivity index (χ0) is 10.1. The molecule has 0 amide bonds. The van der Waals surface area contributed by atoms with Crippen LogP contribution in [0, 0.1) is 0 Å². The molecule has 1 aromatic heterocycles. The van der Waals surface area contributed by atoms with Crippen molar-refractivity contribution < 1.29 is 0 Å². The van der Waals surface area contributed by atoms with Crippen LogP contribution in [0.2, 0.25) is 0 Å². The third kappa shape index (κ3) is 1.39. The second-order valence-corrected chi connectivity index (χ2v) is 4.41. The highest BCUT2D eigenvalue weighted by molar-refractivity contribution is 7.17. The molecule has 0 bridgehead atoms. The van der Waals surface area contributed by atoms with E-state index in [-0.39, 0.29) is 0 Å². The van der Waals surface area contributed by atoms with Crippen molar-refractivity contribution in [3.8, 4) is 0 Å². The molecule has 2 aromatic rings. The number of nitrogens with two attached hydrogens (primary N) is 1. The lowest BCUT2D eigenvalue weighted by atomic mass is 10.1. The number of benzene rings is 1. The fourth-order valence-electron chi connectivity index (χ4n) is 1.67. The third-order valence-corrected chi connectivity index (χ3v) is 3.83. The lowest BCUT2D eigenvalue weighted by Crippen LogP contribution is -1.89. The van der Waals surface area contributed by atoms with Gasteiger partial charge in [0.05, 0.1) is 0 Å². The largest absolute Gasteiger partial charge is 0.398 e. The van der Waals surface area contributed by atoms with Crippen molar-refractivity contribution in [2.75, 3.05) is 5.73 Å². The van der Waals surface area contributed by atoms with E-state index in [1.165, 1.54) is 10.3 Å². The topological polar surface area (TPSA) is 26.0 Å². The molecule has 0 unspecified atom stereocenters. The first-order valence-corrected chi connectivity index (χ1v) is 6.02. The van der Waals surface area contributed by atoms with Crippen molar-refractivity contribution in [3.05, 3.63) is 28.6 Å². The number of anilines is 1. The molecule has 0 spiro atoms. The van der Waals surface area contributed by atoms with Crippen molar-refractivity contribution in [1.29, 1.82) is 0 Å². The van der Waals surface area contributed by atoms with Crippen molar-refractivity contribution >= 4 is 38.7 Å². The molecule has 0 fully saturated rings. The average molecular weight is 226 g/mol. The molecule has 0 aliphatic rings. The van der Waals surface area contributed by atoms with E-state index >= 15 is 0 Å². The number of aryl methyl sites for hydroxylation is 1. The summed E-state index contributed by atoms with van der Waals surface area (Å²) in [6, 6.07) is 4.08. The van der Waals surface area contributed by atoms with E-state index < -0.39 is 0 Å².